The van der Waals surface area contributed by atoms with Crippen molar-refractivity contribution in [2.24, 2.45) is 17.8 Å². The molecule has 2 aliphatic rings. The number of piperidine rings is 1. The second-order valence-corrected chi connectivity index (χ2v) is 6.04. The number of ether oxygens (including phenoxy) is 1. The van der Waals surface area contributed by atoms with Gasteiger partial charge in [-0.25, -0.2) is 4.79 Å². The molecule has 2 atom stereocenters. The highest BCUT2D eigenvalue weighted by atomic mass is 16.6. The maximum absolute atomic E-state index is 12.0. The number of nitrogens with zero attached hydrogens (tertiary/aromatic N) is 1. The highest BCUT2D eigenvalue weighted by Gasteiger charge is 2.37. The predicted molar refractivity (Wildman–Crippen MR) is 72.4 cm³/mol. The van der Waals surface area contributed by atoms with Gasteiger partial charge in [-0.1, -0.05) is 33.1 Å². The molecule has 0 radical (unpaired) electrons. The van der Waals surface area contributed by atoms with Crippen LogP contribution < -0.4 is 0 Å². The molecule has 2 unspecified atom stereocenters. The summed E-state index contributed by atoms with van der Waals surface area (Å²) in [4.78, 5) is 14.0. The van der Waals surface area contributed by atoms with Crippen molar-refractivity contribution in [1.82, 2.24) is 4.90 Å². The van der Waals surface area contributed by atoms with E-state index in [4.69, 9.17) is 4.74 Å². The Bertz CT molecular complexity index is 264. The molecule has 1 heterocycles. The van der Waals surface area contributed by atoms with E-state index in [0.29, 0.717) is 18.4 Å². The first-order chi connectivity index (χ1) is 8.72. The third-order valence-electron chi connectivity index (χ3n) is 4.78. The van der Waals surface area contributed by atoms with Crippen LogP contribution in [0.3, 0.4) is 0 Å². The van der Waals surface area contributed by atoms with Crippen LogP contribution in [-0.2, 0) is 4.74 Å². The van der Waals surface area contributed by atoms with Crippen molar-refractivity contribution in [3.63, 3.8) is 0 Å². The van der Waals surface area contributed by atoms with Gasteiger partial charge in [0.2, 0.25) is 0 Å². The Hall–Kier alpha value is -0.730. The summed E-state index contributed by atoms with van der Waals surface area (Å²) in [6, 6.07) is 0. The number of amides is 1. The van der Waals surface area contributed by atoms with Gasteiger partial charge in [0.1, 0.15) is 0 Å². The summed E-state index contributed by atoms with van der Waals surface area (Å²) < 4.78 is 5.35. The average molecular weight is 253 g/mol. The van der Waals surface area contributed by atoms with Gasteiger partial charge in [0, 0.05) is 13.1 Å². The molecule has 1 amide bonds. The van der Waals surface area contributed by atoms with E-state index < -0.39 is 0 Å². The molecule has 0 aromatic carbocycles. The lowest BCUT2D eigenvalue weighted by molar-refractivity contribution is 0.0467. The zero-order valence-corrected chi connectivity index (χ0v) is 11.9. The van der Waals surface area contributed by atoms with Gasteiger partial charge in [-0.15, -0.1) is 0 Å². The molecule has 2 fully saturated rings. The number of carbonyl (C=O) groups excluding carboxylic acids is 1. The Morgan fingerprint density at radius 3 is 2.39 bits per heavy atom. The van der Waals surface area contributed by atoms with Crippen molar-refractivity contribution >= 4 is 6.09 Å². The number of hydrogen-bond acceptors (Lipinski definition) is 2. The third-order valence-corrected chi connectivity index (χ3v) is 4.78. The van der Waals surface area contributed by atoms with E-state index in [1.807, 2.05) is 4.90 Å². The van der Waals surface area contributed by atoms with Gasteiger partial charge in [0.05, 0.1) is 6.61 Å². The molecule has 1 aliphatic carbocycles. The zero-order chi connectivity index (χ0) is 13.0. The third kappa shape index (κ3) is 3.18. The molecule has 18 heavy (non-hydrogen) atoms. The first-order valence-corrected chi connectivity index (χ1v) is 7.64. The number of carbonyl (C=O) groups is 1. The maximum Gasteiger partial charge on any atom is 0.409 e. The predicted octanol–water partition coefficient (Wildman–Crippen LogP) is 3.68. The topological polar surface area (TPSA) is 29.5 Å². The van der Waals surface area contributed by atoms with Gasteiger partial charge in [-0.2, -0.15) is 0 Å². The summed E-state index contributed by atoms with van der Waals surface area (Å²) in [5, 5.41) is 0. The number of hydrogen-bond donors (Lipinski definition) is 0. The number of fused-ring (bicyclic) bond motifs is 2. The second kappa shape index (κ2) is 6.44. The van der Waals surface area contributed by atoms with Crippen LogP contribution in [0.2, 0.25) is 0 Å². The lowest BCUT2D eigenvalue weighted by Crippen LogP contribution is -2.47. The lowest BCUT2D eigenvalue weighted by atomic mass is 9.78. The molecular formula is C15H27NO2. The van der Waals surface area contributed by atoms with E-state index >= 15 is 0 Å². The summed E-state index contributed by atoms with van der Waals surface area (Å²) in [7, 11) is 0. The van der Waals surface area contributed by atoms with Gasteiger partial charge < -0.3 is 9.64 Å². The smallest absolute Gasteiger partial charge is 0.409 e. The number of unbranched alkanes of at least 4 members (excludes halogenated alkanes) is 1. The van der Waals surface area contributed by atoms with Crippen LogP contribution >= 0.6 is 0 Å². The Balaban J connectivity index is 1.89. The van der Waals surface area contributed by atoms with Crippen molar-refractivity contribution in [3.05, 3.63) is 0 Å². The Morgan fingerprint density at radius 2 is 1.83 bits per heavy atom. The monoisotopic (exact) mass is 253 g/mol. The maximum atomic E-state index is 12.0. The molecule has 1 aliphatic heterocycles. The van der Waals surface area contributed by atoms with Crippen molar-refractivity contribution in [1.29, 1.82) is 0 Å². The van der Waals surface area contributed by atoms with Crippen molar-refractivity contribution < 1.29 is 9.53 Å². The molecule has 1 saturated carbocycles. The first kappa shape index (κ1) is 13.7. The van der Waals surface area contributed by atoms with Crippen molar-refractivity contribution in [3.8, 4) is 0 Å². The highest BCUT2D eigenvalue weighted by molar-refractivity contribution is 5.67. The molecule has 3 heteroatoms. The standard InChI is InChI=1S/C15H27NO2/c1-3-4-9-18-15(17)16-10-13-7-5-6-8-14(11-16)12(13)2/h12-14H,3-11H2,1-2H3. The average Bonchev–Trinajstić information content (AvgIpc) is 2.49. The number of rotatable bonds is 3. The van der Waals surface area contributed by atoms with Gasteiger partial charge >= 0.3 is 6.09 Å². The Morgan fingerprint density at radius 1 is 1.22 bits per heavy atom. The zero-order valence-electron chi connectivity index (χ0n) is 11.9. The summed E-state index contributed by atoms with van der Waals surface area (Å²) in [6.07, 6.45) is 7.23. The van der Waals surface area contributed by atoms with E-state index in [1.165, 1.54) is 25.7 Å². The minimum atomic E-state index is -0.0766. The molecule has 1 saturated heterocycles. The molecule has 0 N–H and O–H groups in total. The fourth-order valence-electron chi connectivity index (χ4n) is 3.42. The number of likely N-dealkylation sites (tertiary alicyclic amines) is 1. The highest BCUT2D eigenvalue weighted by Crippen LogP contribution is 2.38. The van der Waals surface area contributed by atoms with Crippen molar-refractivity contribution in [2.45, 2.75) is 52.4 Å². The normalized spacial score (nSPS) is 31.9. The molecule has 104 valence electrons. The molecule has 2 bridgehead atoms. The largest absolute Gasteiger partial charge is 0.449 e. The minimum absolute atomic E-state index is 0.0766. The van der Waals surface area contributed by atoms with E-state index in [1.54, 1.807) is 0 Å². The van der Waals surface area contributed by atoms with E-state index in [2.05, 4.69) is 13.8 Å². The second-order valence-electron chi connectivity index (χ2n) is 6.04. The van der Waals surface area contributed by atoms with Gasteiger partial charge in [-0.05, 0) is 37.0 Å². The summed E-state index contributed by atoms with van der Waals surface area (Å²) in [5.41, 5.74) is 0. The van der Waals surface area contributed by atoms with Crippen LogP contribution in [0.4, 0.5) is 4.79 Å². The fourth-order valence-corrected chi connectivity index (χ4v) is 3.42. The fraction of sp³-hybridized carbons (Fsp3) is 0.933. The van der Waals surface area contributed by atoms with Crippen molar-refractivity contribution in [2.75, 3.05) is 19.7 Å². The van der Waals surface area contributed by atoms with E-state index in [0.717, 1.165) is 31.8 Å². The summed E-state index contributed by atoms with van der Waals surface area (Å²) in [5.74, 6) is 2.18. The quantitative estimate of drug-likeness (QED) is 0.718. The van der Waals surface area contributed by atoms with Gasteiger partial charge in [-0.3, -0.25) is 0 Å². The van der Waals surface area contributed by atoms with Gasteiger partial charge in [0.25, 0.3) is 0 Å². The Labute approximate surface area is 111 Å². The van der Waals surface area contributed by atoms with Crippen LogP contribution in [0.15, 0.2) is 0 Å². The summed E-state index contributed by atoms with van der Waals surface area (Å²) >= 11 is 0. The van der Waals surface area contributed by atoms with Crippen LogP contribution in [0.25, 0.3) is 0 Å². The summed E-state index contributed by atoms with van der Waals surface area (Å²) in [6.45, 7) is 6.91. The molecular weight excluding hydrogens is 226 g/mol. The Kier molecular flexibility index (Phi) is 4.90. The molecule has 0 spiro atoms. The molecule has 0 aromatic rings. The van der Waals surface area contributed by atoms with Crippen LogP contribution in [0, 0.1) is 17.8 Å². The molecule has 2 rings (SSSR count). The molecule has 0 aromatic heterocycles. The lowest BCUT2D eigenvalue weighted by Gasteiger charge is -2.40. The van der Waals surface area contributed by atoms with E-state index in [-0.39, 0.29) is 6.09 Å². The van der Waals surface area contributed by atoms with E-state index in [9.17, 15) is 4.79 Å². The van der Waals surface area contributed by atoms with Crippen LogP contribution in [0.1, 0.15) is 52.4 Å². The SMILES string of the molecule is CCCCOC(=O)N1CC2CCCCC(C1)C2C. The minimum Gasteiger partial charge on any atom is -0.449 e. The van der Waals surface area contributed by atoms with Crippen LogP contribution in [-0.4, -0.2) is 30.7 Å². The first-order valence-electron chi connectivity index (χ1n) is 7.64. The molecule has 3 nitrogen and oxygen atoms in total. The van der Waals surface area contributed by atoms with Gasteiger partial charge in [0.15, 0.2) is 0 Å². The van der Waals surface area contributed by atoms with Crippen LogP contribution in [0.5, 0.6) is 0 Å².